The molecule has 2 heterocycles. The van der Waals surface area contributed by atoms with E-state index in [-0.39, 0.29) is 12.1 Å². The third-order valence-corrected chi connectivity index (χ3v) is 3.45. The molecule has 1 aromatic heterocycles. The van der Waals surface area contributed by atoms with E-state index < -0.39 is 0 Å². The van der Waals surface area contributed by atoms with E-state index in [2.05, 4.69) is 10.6 Å². The fourth-order valence-electron chi connectivity index (χ4n) is 1.50. The van der Waals surface area contributed by atoms with E-state index in [1.165, 1.54) is 4.88 Å². The quantitative estimate of drug-likeness (QED) is 0.665. The van der Waals surface area contributed by atoms with Gasteiger partial charge in [0.25, 0.3) is 5.91 Å². The zero-order valence-corrected chi connectivity index (χ0v) is 8.71. The Morgan fingerprint density at radius 1 is 1.31 bits per heavy atom. The minimum Gasteiger partial charge on any atom is -0.357 e. The van der Waals surface area contributed by atoms with E-state index in [4.69, 9.17) is 0 Å². The summed E-state index contributed by atoms with van der Waals surface area (Å²) in [4.78, 5) is 12.8. The lowest BCUT2D eigenvalue weighted by Crippen LogP contribution is -2.42. The number of rotatable bonds is 0. The fourth-order valence-corrected chi connectivity index (χ4v) is 2.65. The predicted molar refractivity (Wildman–Crippen MR) is 54.3 cm³/mol. The van der Waals surface area contributed by atoms with Crippen LogP contribution in [0.3, 0.4) is 0 Å². The molecule has 1 amide bonds. The van der Waals surface area contributed by atoms with Crippen molar-refractivity contribution in [3.05, 3.63) is 16.0 Å². The highest BCUT2D eigenvalue weighted by Gasteiger charge is 2.25. The van der Waals surface area contributed by atoms with Crippen LogP contribution in [0.5, 0.6) is 0 Å². The number of hydrogen-bond acceptors (Lipinski definition) is 3. The first-order chi connectivity index (χ1) is 6.09. The van der Waals surface area contributed by atoms with Crippen LogP contribution < -0.4 is 10.6 Å². The highest BCUT2D eigenvalue weighted by Crippen LogP contribution is 2.34. The predicted octanol–water partition coefficient (Wildman–Crippen LogP) is 1.87. The van der Waals surface area contributed by atoms with Gasteiger partial charge in [0.1, 0.15) is 5.00 Å². The van der Waals surface area contributed by atoms with E-state index >= 15 is 0 Å². The molecule has 0 saturated carbocycles. The Hall–Kier alpha value is -1.03. The molecular formula is C9H12N2OS. The number of hydrogen-bond donors (Lipinski definition) is 2. The molecule has 3 nitrogen and oxygen atoms in total. The normalized spacial score (nSPS) is 20.5. The molecule has 70 valence electrons. The van der Waals surface area contributed by atoms with E-state index in [9.17, 15) is 4.79 Å². The van der Waals surface area contributed by atoms with Crippen molar-refractivity contribution < 1.29 is 4.79 Å². The molecule has 1 aromatic rings. The Labute approximate surface area is 81.2 Å². The smallest absolute Gasteiger partial charge is 0.256 e. The molecule has 0 saturated heterocycles. The standard InChI is InChI=1S/C9H12N2OS/c1-4-5(2)13-9-7(4)8(12)10-6(3)11-9/h6,11H,1-3H3,(H,10,12). The average Bonchev–Trinajstić information content (AvgIpc) is 2.27. The Balaban J connectivity index is 2.55. The van der Waals surface area contributed by atoms with Crippen LogP contribution in [0.1, 0.15) is 27.7 Å². The molecule has 0 aliphatic carbocycles. The number of aryl methyl sites for hydroxylation is 1. The summed E-state index contributed by atoms with van der Waals surface area (Å²) in [6, 6.07) is 0. The summed E-state index contributed by atoms with van der Waals surface area (Å²) in [6.07, 6.45) is 0.0393. The molecule has 1 atom stereocenters. The van der Waals surface area contributed by atoms with Crippen molar-refractivity contribution in [1.82, 2.24) is 5.32 Å². The van der Waals surface area contributed by atoms with Crippen molar-refractivity contribution in [1.29, 1.82) is 0 Å². The van der Waals surface area contributed by atoms with E-state index in [0.717, 1.165) is 16.1 Å². The van der Waals surface area contributed by atoms with Gasteiger partial charge in [0, 0.05) is 4.88 Å². The number of nitrogens with one attached hydrogen (secondary N) is 2. The fraction of sp³-hybridized carbons (Fsp3) is 0.444. The number of anilines is 1. The van der Waals surface area contributed by atoms with Crippen LogP contribution in [0.4, 0.5) is 5.00 Å². The first-order valence-electron chi connectivity index (χ1n) is 4.27. The van der Waals surface area contributed by atoms with Gasteiger partial charge in [-0.3, -0.25) is 4.79 Å². The topological polar surface area (TPSA) is 41.1 Å². The molecule has 4 heteroatoms. The lowest BCUT2D eigenvalue weighted by molar-refractivity contribution is 0.0939. The van der Waals surface area contributed by atoms with E-state index in [1.807, 2.05) is 20.8 Å². The molecule has 1 aliphatic heterocycles. The second kappa shape index (κ2) is 2.73. The van der Waals surface area contributed by atoms with Crippen LogP contribution in [0.15, 0.2) is 0 Å². The minimum absolute atomic E-state index is 0.0393. The summed E-state index contributed by atoms with van der Waals surface area (Å²) in [5, 5.41) is 7.09. The first kappa shape index (κ1) is 8.56. The van der Waals surface area contributed by atoms with E-state index in [1.54, 1.807) is 11.3 Å². The summed E-state index contributed by atoms with van der Waals surface area (Å²) in [6.45, 7) is 5.96. The van der Waals surface area contributed by atoms with Gasteiger partial charge in [0.15, 0.2) is 0 Å². The van der Waals surface area contributed by atoms with Gasteiger partial charge in [0.05, 0.1) is 11.7 Å². The van der Waals surface area contributed by atoms with Gasteiger partial charge >= 0.3 is 0 Å². The lowest BCUT2D eigenvalue weighted by atomic mass is 10.1. The van der Waals surface area contributed by atoms with Gasteiger partial charge in [-0.25, -0.2) is 0 Å². The van der Waals surface area contributed by atoms with Crippen LogP contribution in [0.25, 0.3) is 0 Å². The Morgan fingerprint density at radius 3 is 2.69 bits per heavy atom. The van der Waals surface area contributed by atoms with Crippen LogP contribution in [-0.2, 0) is 0 Å². The van der Waals surface area contributed by atoms with Crippen LogP contribution in [-0.4, -0.2) is 12.1 Å². The number of carbonyl (C=O) groups is 1. The van der Waals surface area contributed by atoms with Crippen LogP contribution in [0.2, 0.25) is 0 Å². The monoisotopic (exact) mass is 196 g/mol. The van der Waals surface area contributed by atoms with Crippen molar-refractivity contribution >= 4 is 22.2 Å². The maximum atomic E-state index is 11.6. The van der Waals surface area contributed by atoms with Gasteiger partial charge < -0.3 is 10.6 Å². The Bertz CT molecular complexity index is 370. The second-order valence-corrected chi connectivity index (χ2v) is 4.55. The molecule has 0 fully saturated rings. The third kappa shape index (κ3) is 1.21. The third-order valence-electron chi connectivity index (χ3n) is 2.31. The highest BCUT2D eigenvalue weighted by atomic mass is 32.1. The minimum atomic E-state index is 0.0393. The molecule has 1 aliphatic rings. The van der Waals surface area contributed by atoms with Gasteiger partial charge in [0.2, 0.25) is 0 Å². The van der Waals surface area contributed by atoms with Crippen LogP contribution in [0, 0.1) is 13.8 Å². The zero-order valence-electron chi connectivity index (χ0n) is 7.89. The summed E-state index contributed by atoms with van der Waals surface area (Å²) in [7, 11) is 0. The summed E-state index contributed by atoms with van der Waals surface area (Å²) >= 11 is 1.65. The molecule has 2 rings (SSSR count). The lowest BCUT2D eigenvalue weighted by Gasteiger charge is -2.22. The molecule has 0 aromatic carbocycles. The maximum absolute atomic E-state index is 11.6. The maximum Gasteiger partial charge on any atom is 0.256 e. The molecular weight excluding hydrogens is 184 g/mol. The van der Waals surface area contributed by atoms with Gasteiger partial charge in [-0.2, -0.15) is 0 Å². The largest absolute Gasteiger partial charge is 0.357 e. The van der Waals surface area contributed by atoms with Crippen molar-refractivity contribution in [2.75, 3.05) is 5.32 Å². The van der Waals surface area contributed by atoms with Crippen molar-refractivity contribution in [3.8, 4) is 0 Å². The van der Waals surface area contributed by atoms with Gasteiger partial charge in [-0.05, 0) is 26.3 Å². The highest BCUT2D eigenvalue weighted by molar-refractivity contribution is 7.16. The second-order valence-electron chi connectivity index (χ2n) is 3.33. The Kier molecular flexibility index (Phi) is 1.80. The molecule has 13 heavy (non-hydrogen) atoms. The molecule has 0 spiro atoms. The number of carbonyl (C=O) groups excluding carboxylic acids is 1. The average molecular weight is 196 g/mol. The molecule has 1 unspecified atom stereocenters. The first-order valence-corrected chi connectivity index (χ1v) is 5.08. The summed E-state index contributed by atoms with van der Waals surface area (Å²) in [5.41, 5.74) is 1.91. The van der Waals surface area contributed by atoms with Gasteiger partial charge in [-0.15, -0.1) is 11.3 Å². The number of thiophene rings is 1. The van der Waals surface area contributed by atoms with E-state index in [0.29, 0.717) is 0 Å². The SMILES string of the molecule is Cc1sc2c(c1C)C(=O)NC(C)N2. The Morgan fingerprint density at radius 2 is 2.00 bits per heavy atom. The zero-order chi connectivity index (χ0) is 9.59. The van der Waals surface area contributed by atoms with Crippen LogP contribution >= 0.6 is 11.3 Å². The molecule has 2 N–H and O–H groups in total. The number of amides is 1. The van der Waals surface area contributed by atoms with Crippen molar-refractivity contribution in [3.63, 3.8) is 0 Å². The molecule has 0 radical (unpaired) electrons. The molecule has 0 bridgehead atoms. The summed E-state index contributed by atoms with van der Waals surface area (Å²) in [5.74, 6) is 0.0445. The number of fused-ring (bicyclic) bond motifs is 1. The van der Waals surface area contributed by atoms with Crippen molar-refractivity contribution in [2.24, 2.45) is 0 Å². The summed E-state index contributed by atoms with van der Waals surface area (Å²) < 4.78 is 0. The van der Waals surface area contributed by atoms with Gasteiger partial charge in [-0.1, -0.05) is 0 Å². The van der Waals surface area contributed by atoms with Crippen molar-refractivity contribution in [2.45, 2.75) is 26.9 Å².